The van der Waals surface area contributed by atoms with Gasteiger partial charge in [-0.25, -0.2) is 4.79 Å². The summed E-state index contributed by atoms with van der Waals surface area (Å²) in [5.41, 5.74) is 0. The summed E-state index contributed by atoms with van der Waals surface area (Å²) in [5, 5.41) is 2.53. The molecule has 0 bridgehead atoms. The highest BCUT2D eigenvalue weighted by Crippen LogP contribution is 2.29. The minimum Gasteiger partial charge on any atom is -0.467 e. The molecule has 102 valence electrons. The van der Waals surface area contributed by atoms with Gasteiger partial charge in [-0.05, 0) is 5.92 Å². The van der Waals surface area contributed by atoms with Gasteiger partial charge in [0.25, 0.3) is 0 Å². The fourth-order valence-corrected chi connectivity index (χ4v) is 1.78. The van der Waals surface area contributed by atoms with E-state index >= 15 is 0 Å². The van der Waals surface area contributed by atoms with Crippen molar-refractivity contribution >= 4 is 22.6 Å². The van der Waals surface area contributed by atoms with Gasteiger partial charge in [0.1, 0.15) is 6.04 Å². The number of carbonyl (C=O) groups is 1. The molecule has 0 aliphatic heterocycles. The van der Waals surface area contributed by atoms with Gasteiger partial charge in [0, 0.05) is 11.5 Å². The van der Waals surface area contributed by atoms with Crippen molar-refractivity contribution in [2.24, 2.45) is 5.92 Å². The van der Waals surface area contributed by atoms with Crippen molar-refractivity contribution in [2.45, 2.75) is 26.1 Å². The molecule has 5 nitrogen and oxygen atoms in total. The monoisotopic (exact) mass is 283 g/mol. The molecule has 1 atom stereocenters. The molecule has 1 aromatic rings. The summed E-state index contributed by atoms with van der Waals surface area (Å²) in [4.78, 5) is 14.7. The average Bonchev–Trinajstić information content (AvgIpc) is 2.72. The molecule has 0 aromatic carbocycles. The Balaban J connectivity index is 2.82. The number of nitrogens with one attached hydrogen (secondary N) is 1. The Morgan fingerprint density at radius 2 is 2.06 bits per heavy atom. The summed E-state index contributed by atoms with van der Waals surface area (Å²) >= 11 is 0.550. The first kappa shape index (κ1) is 14.7. The van der Waals surface area contributed by atoms with Crippen LogP contribution in [0, 0.1) is 5.92 Å². The van der Waals surface area contributed by atoms with Crippen molar-refractivity contribution in [3.63, 3.8) is 0 Å². The minimum absolute atomic E-state index is 0.0635. The van der Waals surface area contributed by atoms with Crippen molar-refractivity contribution in [1.29, 1.82) is 0 Å². The van der Waals surface area contributed by atoms with E-state index in [2.05, 4.69) is 19.4 Å². The number of methoxy groups -OCH3 is 1. The number of ether oxygens (including phenoxy) is 1. The molecule has 18 heavy (non-hydrogen) atoms. The molecule has 0 fully saturated rings. The number of rotatable bonds is 4. The van der Waals surface area contributed by atoms with Crippen LogP contribution in [0.25, 0.3) is 0 Å². The molecule has 0 aliphatic carbocycles. The summed E-state index contributed by atoms with van der Waals surface area (Å²) in [6.07, 6.45) is -4.59. The maximum atomic E-state index is 12.3. The number of nitrogens with zero attached hydrogens (tertiary/aromatic N) is 2. The van der Waals surface area contributed by atoms with Gasteiger partial charge in [0.2, 0.25) is 11.0 Å². The van der Waals surface area contributed by atoms with Gasteiger partial charge < -0.3 is 10.1 Å². The van der Waals surface area contributed by atoms with Crippen LogP contribution in [0.15, 0.2) is 0 Å². The van der Waals surface area contributed by atoms with E-state index in [9.17, 15) is 18.0 Å². The van der Waals surface area contributed by atoms with Crippen LogP contribution in [0.2, 0.25) is 0 Å². The average molecular weight is 283 g/mol. The van der Waals surface area contributed by atoms with Crippen molar-refractivity contribution in [3.05, 3.63) is 5.82 Å². The largest absolute Gasteiger partial charge is 0.467 e. The molecule has 0 spiro atoms. The normalized spacial score (nSPS) is 13.5. The smallest absolute Gasteiger partial charge is 0.452 e. The Labute approximate surface area is 106 Å². The highest BCUT2D eigenvalue weighted by molar-refractivity contribution is 7.09. The number of halogens is 3. The molecule has 1 rings (SSSR count). The van der Waals surface area contributed by atoms with Gasteiger partial charge in [-0.2, -0.15) is 22.5 Å². The fraction of sp³-hybridized carbons (Fsp3) is 0.667. The predicted molar refractivity (Wildman–Crippen MR) is 59.2 cm³/mol. The molecular weight excluding hydrogens is 271 g/mol. The number of carbonyl (C=O) groups excluding carboxylic acids is 1. The first-order chi connectivity index (χ1) is 8.25. The topological polar surface area (TPSA) is 64.1 Å². The number of hydrogen-bond donors (Lipinski definition) is 1. The SMILES string of the molecule is COC(=O)C(Nc1nc(C(F)(F)F)ns1)C(C)C. The Kier molecular flexibility index (Phi) is 4.49. The van der Waals surface area contributed by atoms with E-state index in [0.29, 0.717) is 11.5 Å². The summed E-state index contributed by atoms with van der Waals surface area (Å²) in [5.74, 6) is -1.94. The van der Waals surface area contributed by atoms with Crippen LogP contribution in [0.5, 0.6) is 0 Å². The zero-order valence-electron chi connectivity index (χ0n) is 9.91. The lowest BCUT2D eigenvalue weighted by Gasteiger charge is -2.18. The van der Waals surface area contributed by atoms with Gasteiger partial charge in [0.05, 0.1) is 7.11 Å². The molecule has 0 amide bonds. The van der Waals surface area contributed by atoms with Crippen molar-refractivity contribution in [2.75, 3.05) is 12.4 Å². The number of esters is 1. The molecule has 1 N–H and O–H groups in total. The molecule has 0 saturated carbocycles. The molecule has 1 aromatic heterocycles. The van der Waals surface area contributed by atoms with E-state index in [0.717, 1.165) is 0 Å². The van der Waals surface area contributed by atoms with E-state index in [-0.39, 0.29) is 11.0 Å². The second kappa shape index (κ2) is 5.51. The maximum absolute atomic E-state index is 12.3. The van der Waals surface area contributed by atoms with Gasteiger partial charge >= 0.3 is 12.1 Å². The fourth-order valence-electron chi connectivity index (χ4n) is 1.15. The molecule has 0 radical (unpaired) electrons. The van der Waals surface area contributed by atoms with Crippen LogP contribution in [0.4, 0.5) is 18.3 Å². The molecule has 1 heterocycles. The van der Waals surface area contributed by atoms with E-state index in [1.54, 1.807) is 13.8 Å². The Morgan fingerprint density at radius 3 is 2.44 bits per heavy atom. The Morgan fingerprint density at radius 1 is 1.44 bits per heavy atom. The third-order valence-corrected chi connectivity index (χ3v) is 2.73. The van der Waals surface area contributed by atoms with Gasteiger partial charge in [-0.15, -0.1) is 0 Å². The first-order valence-electron chi connectivity index (χ1n) is 5.01. The van der Waals surface area contributed by atoms with E-state index < -0.39 is 24.0 Å². The third kappa shape index (κ3) is 3.56. The summed E-state index contributed by atoms with van der Waals surface area (Å²) in [7, 11) is 1.21. The predicted octanol–water partition coefficient (Wildman–Crippen LogP) is 2.17. The minimum atomic E-state index is -4.59. The van der Waals surface area contributed by atoms with Crippen LogP contribution < -0.4 is 5.32 Å². The lowest BCUT2D eigenvalue weighted by molar-refractivity contribution is -0.144. The number of aromatic nitrogens is 2. The molecule has 9 heteroatoms. The standard InChI is InChI=1S/C9H12F3N3O2S/c1-4(2)5(6(16)17-3)13-8-14-7(15-18-8)9(10,11)12/h4-5H,1-3H3,(H,13,14,15). The highest BCUT2D eigenvalue weighted by Gasteiger charge is 2.36. The zero-order chi connectivity index (χ0) is 13.9. The Bertz CT molecular complexity index is 419. The highest BCUT2D eigenvalue weighted by atomic mass is 32.1. The maximum Gasteiger partial charge on any atom is 0.452 e. The lowest BCUT2D eigenvalue weighted by Crippen LogP contribution is -2.35. The van der Waals surface area contributed by atoms with Gasteiger partial charge in [-0.3, -0.25) is 0 Å². The second-order valence-corrected chi connectivity index (χ2v) is 4.56. The molecule has 1 unspecified atom stereocenters. The lowest BCUT2D eigenvalue weighted by atomic mass is 10.1. The van der Waals surface area contributed by atoms with Crippen LogP contribution in [0.3, 0.4) is 0 Å². The summed E-state index contributed by atoms with van der Waals surface area (Å²) < 4.78 is 44.6. The van der Waals surface area contributed by atoms with E-state index in [1.165, 1.54) is 7.11 Å². The van der Waals surface area contributed by atoms with Crippen LogP contribution in [-0.2, 0) is 15.7 Å². The molecule has 0 aliphatic rings. The van der Waals surface area contributed by atoms with Crippen molar-refractivity contribution in [1.82, 2.24) is 9.36 Å². The summed E-state index contributed by atoms with van der Waals surface area (Å²) in [6, 6.07) is -0.760. The van der Waals surface area contributed by atoms with Crippen molar-refractivity contribution in [3.8, 4) is 0 Å². The first-order valence-corrected chi connectivity index (χ1v) is 5.78. The third-order valence-electron chi connectivity index (χ3n) is 2.08. The number of alkyl halides is 3. The van der Waals surface area contributed by atoms with E-state index in [4.69, 9.17) is 0 Å². The van der Waals surface area contributed by atoms with Crippen LogP contribution in [-0.4, -0.2) is 28.5 Å². The Hall–Kier alpha value is -1.38. The number of anilines is 1. The van der Waals surface area contributed by atoms with Crippen LogP contribution >= 0.6 is 11.5 Å². The molecular formula is C9H12F3N3O2S. The quantitative estimate of drug-likeness (QED) is 0.858. The van der Waals surface area contributed by atoms with E-state index in [1.807, 2.05) is 0 Å². The summed E-state index contributed by atoms with van der Waals surface area (Å²) in [6.45, 7) is 3.47. The van der Waals surface area contributed by atoms with Gasteiger partial charge in [0.15, 0.2) is 0 Å². The number of hydrogen-bond acceptors (Lipinski definition) is 6. The second-order valence-electron chi connectivity index (χ2n) is 3.81. The van der Waals surface area contributed by atoms with Crippen molar-refractivity contribution < 1.29 is 22.7 Å². The van der Waals surface area contributed by atoms with Crippen LogP contribution in [0.1, 0.15) is 19.7 Å². The van der Waals surface area contributed by atoms with Gasteiger partial charge in [-0.1, -0.05) is 13.8 Å². The molecule has 0 saturated heterocycles. The zero-order valence-corrected chi connectivity index (χ0v) is 10.7.